The molecule has 2 aromatic rings. The van der Waals surface area contributed by atoms with Gasteiger partial charge >= 0.3 is 0 Å². The van der Waals surface area contributed by atoms with E-state index in [4.69, 9.17) is 0 Å². The highest BCUT2D eigenvalue weighted by Crippen LogP contribution is 2.33. The van der Waals surface area contributed by atoms with Crippen LogP contribution in [0.3, 0.4) is 0 Å². The second-order valence-electron chi connectivity index (χ2n) is 5.64. The largest absolute Gasteiger partial charge is 0.344 e. The van der Waals surface area contributed by atoms with E-state index >= 15 is 0 Å². The van der Waals surface area contributed by atoms with Gasteiger partial charge in [-0.2, -0.15) is 0 Å². The lowest BCUT2D eigenvalue weighted by atomic mass is 10.2. The first-order valence-electron chi connectivity index (χ1n) is 7.02. The molecule has 18 heavy (non-hydrogen) atoms. The SMILES string of the molecule is CNC(C)Cc1cc2ccccc2n1CC1CC1. The fourth-order valence-corrected chi connectivity index (χ4v) is 2.63. The van der Waals surface area contributed by atoms with Crippen molar-refractivity contribution in [2.24, 2.45) is 5.92 Å². The minimum atomic E-state index is 0.535. The molecule has 1 N–H and O–H groups in total. The van der Waals surface area contributed by atoms with Crippen molar-refractivity contribution in [3.05, 3.63) is 36.0 Å². The molecule has 2 nitrogen and oxygen atoms in total. The van der Waals surface area contributed by atoms with Gasteiger partial charge in [-0.05, 0) is 50.2 Å². The average Bonchev–Trinajstić information content (AvgIpc) is 3.14. The summed E-state index contributed by atoms with van der Waals surface area (Å²) in [4.78, 5) is 0. The third-order valence-electron chi connectivity index (χ3n) is 4.04. The molecule has 2 heteroatoms. The summed E-state index contributed by atoms with van der Waals surface area (Å²) in [7, 11) is 2.04. The number of hydrogen-bond donors (Lipinski definition) is 1. The zero-order valence-corrected chi connectivity index (χ0v) is 11.3. The molecule has 0 amide bonds. The molecule has 1 atom stereocenters. The first-order valence-corrected chi connectivity index (χ1v) is 7.02. The van der Waals surface area contributed by atoms with Crippen molar-refractivity contribution in [1.82, 2.24) is 9.88 Å². The number of benzene rings is 1. The van der Waals surface area contributed by atoms with E-state index in [-0.39, 0.29) is 0 Å². The van der Waals surface area contributed by atoms with Gasteiger partial charge in [0.25, 0.3) is 0 Å². The summed E-state index contributed by atoms with van der Waals surface area (Å²) in [5.41, 5.74) is 2.88. The minimum absolute atomic E-state index is 0.535. The normalized spacial score (nSPS) is 17.2. The van der Waals surface area contributed by atoms with E-state index in [1.807, 2.05) is 7.05 Å². The highest BCUT2D eigenvalue weighted by Gasteiger charge is 2.23. The van der Waals surface area contributed by atoms with Crippen molar-refractivity contribution in [2.75, 3.05) is 7.05 Å². The highest BCUT2D eigenvalue weighted by atomic mass is 15.0. The van der Waals surface area contributed by atoms with E-state index in [2.05, 4.69) is 47.1 Å². The third kappa shape index (κ3) is 2.30. The number of likely N-dealkylation sites (N-methyl/N-ethyl adjacent to an activating group) is 1. The Bertz CT molecular complexity index is 537. The molecule has 1 unspecified atom stereocenters. The lowest BCUT2D eigenvalue weighted by Gasteiger charge is -2.14. The van der Waals surface area contributed by atoms with Crippen LogP contribution in [0.1, 0.15) is 25.5 Å². The van der Waals surface area contributed by atoms with E-state index in [9.17, 15) is 0 Å². The van der Waals surface area contributed by atoms with Gasteiger partial charge in [0.15, 0.2) is 0 Å². The number of rotatable bonds is 5. The Labute approximate surface area is 109 Å². The summed E-state index contributed by atoms with van der Waals surface area (Å²) >= 11 is 0. The quantitative estimate of drug-likeness (QED) is 0.852. The second kappa shape index (κ2) is 4.77. The van der Waals surface area contributed by atoms with Crippen LogP contribution in [0.2, 0.25) is 0 Å². The molecule has 0 spiro atoms. The maximum absolute atomic E-state index is 3.34. The molecule has 96 valence electrons. The monoisotopic (exact) mass is 242 g/mol. The van der Waals surface area contributed by atoms with Gasteiger partial charge in [0, 0.05) is 30.2 Å². The number of hydrogen-bond acceptors (Lipinski definition) is 1. The molecule has 1 fully saturated rings. The van der Waals surface area contributed by atoms with Gasteiger partial charge in [-0.1, -0.05) is 18.2 Å². The molecular formula is C16H22N2. The Morgan fingerprint density at radius 3 is 2.83 bits per heavy atom. The molecule has 0 aliphatic heterocycles. The molecule has 1 heterocycles. The van der Waals surface area contributed by atoms with Gasteiger partial charge in [-0.15, -0.1) is 0 Å². The number of nitrogens with one attached hydrogen (secondary N) is 1. The van der Waals surface area contributed by atoms with Gasteiger partial charge < -0.3 is 9.88 Å². The molecule has 3 rings (SSSR count). The van der Waals surface area contributed by atoms with Crippen LogP contribution in [-0.2, 0) is 13.0 Å². The standard InChI is InChI=1S/C16H22N2/c1-12(17-2)9-15-10-14-5-3-4-6-16(14)18(15)11-13-7-8-13/h3-6,10,12-13,17H,7-9,11H2,1-2H3. The molecule has 0 bridgehead atoms. The van der Waals surface area contributed by atoms with E-state index in [0.29, 0.717) is 6.04 Å². The summed E-state index contributed by atoms with van der Waals surface area (Å²) in [6.45, 7) is 3.46. The zero-order valence-electron chi connectivity index (χ0n) is 11.3. The molecule has 1 aromatic carbocycles. The van der Waals surface area contributed by atoms with Crippen LogP contribution >= 0.6 is 0 Å². The van der Waals surface area contributed by atoms with Crippen LogP contribution in [0.25, 0.3) is 10.9 Å². The Morgan fingerprint density at radius 1 is 1.33 bits per heavy atom. The summed E-state index contributed by atoms with van der Waals surface area (Å²) in [6, 6.07) is 11.7. The van der Waals surface area contributed by atoms with Gasteiger partial charge in [0.1, 0.15) is 0 Å². The molecule has 1 aliphatic carbocycles. The second-order valence-corrected chi connectivity index (χ2v) is 5.64. The molecule has 1 aliphatic rings. The predicted octanol–water partition coefficient (Wildman–Crippen LogP) is 3.20. The Balaban J connectivity index is 1.98. The Morgan fingerprint density at radius 2 is 2.11 bits per heavy atom. The van der Waals surface area contributed by atoms with Crippen molar-refractivity contribution in [2.45, 2.75) is 38.8 Å². The molecule has 1 aromatic heterocycles. The molecule has 0 saturated heterocycles. The van der Waals surface area contributed by atoms with Gasteiger partial charge in [0.2, 0.25) is 0 Å². The Hall–Kier alpha value is -1.28. The number of fused-ring (bicyclic) bond motifs is 1. The number of para-hydroxylation sites is 1. The lowest BCUT2D eigenvalue weighted by Crippen LogP contribution is -2.25. The fraction of sp³-hybridized carbons (Fsp3) is 0.500. The summed E-state index contributed by atoms with van der Waals surface area (Å²) in [5, 5.41) is 4.73. The zero-order chi connectivity index (χ0) is 12.5. The summed E-state index contributed by atoms with van der Waals surface area (Å²) in [5.74, 6) is 0.921. The van der Waals surface area contributed by atoms with Crippen LogP contribution in [-0.4, -0.2) is 17.7 Å². The topological polar surface area (TPSA) is 17.0 Å². The summed E-state index contributed by atoms with van der Waals surface area (Å²) < 4.78 is 2.54. The van der Waals surface area contributed by atoms with Crippen molar-refractivity contribution in [3.63, 3.8) is 0 Å². The fourth-order valence-electron chi connectivity index (χ4n) is 2.63. The first kappa shape index (κ1) is 11.8. The minimum Gasteiger partial charge on any atom is -0.344 e. The van der Waals surface area contributed by atoms with Crippen LogP contribution in [0.4, 0.5) is 0 Å². The van der Waals surface area contributed by atoms with Gasteiger partial charge in [-0.3, -0.25) is 0 Å². The highest BCUT2D eigenvalue weighted by molar-refractivity contribution is 5.81. The average molecular weight is 242 g/mol. The smallest absolute Gasteiger partial charge is 0.0482 e. The third-order valence-corrected chi connectivity index (χ3v) is 4.04. The van der Waals surface area contributed by atoms with Crippen molar-refractivity contribution in [1.29, 1.82) is 0 Å². The molecule has 0 radical (unpaired) electrons. The van der Waals surface area contributed by atoms with Crippen molar-refractivity contribution < 1.29 is 0 Å². The Kier molecular flexibility index (Phi) is 3.13. The van der Waals surface area contributed by atoms with Crippen LogP contribution in [0, 0.1) is 5.92 Å². The van der Waals surface area contributed by atoms with E-state index in [0.717, 1.165) is 12.3 Å². The number of aromatic nitrogens is 1. The van der Waals surface area contributed by atoms with Crippen LogP contribution in [0.15, 0.2) is 30.3 Å². The van der Waals surface area contributed by atoms with E-state index in [1.165, 1.54) is 36.0 Å². The number of nitrogens with zero attached hydrogens (tertiary/aromatic N) is 1. The van der Waals surface area contributed by atoms with E-state index in [1.54, 1.807) is 0 Å². The predicted molar refractivity (Wildman–Crippen MR) is 76.9 cm³/mol. The van der Waals surface area contributed by atoms with Crippen molar-refractivity contribution >= 4 is 10.9 Å². The van der Waals surface area contributed by atoms with Crippen LogP contribution < -0.4 is 5.32 Å². The maximum Gasteiger partial charge on any atom is 0.0482 e. The van der Waals surface area contributed by atoms with E-state index < -0.39 is 0 Å². The maximum atomic E-state index is 3.34. The van der Waals surface area contributed by atoms with Gasteiger partial charge in [-0.25, -0.2) is 0 Å². The van der Waals surface area contributed by atoms with Crippen molar-refractivity contribution in [3.8, 4) is 0 Å². The summed E-state index contributed by atoms with van der Waals surface area (Å²) in [6.07, 6.45) is 3.93. The van der Waals surface area contributed by atoms with Crippen LogP contribution in [0.5, 0.6) is 0 Å². The first-order chi connectivity index (χ1) is 8.78. The molecular weight excluding hydrogens is 220 g/mol. The van der Waals surface area contributed by atoms with Gasteiger partial charge in [0.05, 0.1) is 0 Å². The molecule has 1 saturated carbocycles. The lowest BCUT2D eigenvalue weighted by molar-refractivity contribution is 0.559.